The van der Waals surface area contributed by atoms with Gasteiger partial charge in [-0.15, -0.1) is 0 Å². The lowest BCUT2D eigenvalue weighted by molar-refractivity contribution is 0.116. The summed E-state index contributed by atoms with van der Waals surface area (Å²) in [7, 11) is 0. The van der Waals surface area contributed by atoms with Gasteiger partial charge in [0.2, 0.25) is 0 Å². The molecule has 0 aliphatic heterocycles. The Morgan fingerprint density at radius 2 is 2.00 bits per heavy atom. The van der Waals surface area contributed by atoms with Crippen LogP contribution in [0.5, 0.6) is 0 Å². The Labute approximate surface area is 192 Å². The third kappa shape index (κ3) is 5.14. The summed E-state index contributed by atoms with van der Waals surface area (Å²) in [5, 5.41) is 25.1. The zero-order valence-corrected chi connectivity index (χ0v) is 19.1. The van der Waals surface area contributed by atoms with Crippen molar-refractivity contribution in [3.8, 4) is 0 Å². The number of H-pyrrole nitrogens is 1. The molecule has 1 saturated carbocycles. The average Bonchev–Trinajstić information content (AvgIpc) is 3.17. The molecule has 9 heteroatoms. The van der Waals surface area contributed by atoms with E-state index < -0.39 is 5.60 Å². The van der Waals surface area contributed by atoms with Crippen molar-refractivity contribution >= 4 is 22.4 Å². The molecule has 0 unspecified atom stereocenters. The number of aromatic amines is 1. The summed E-state index contributed by atoms with van der Waals surface area (Å²) < 4.78 is 2.02. The van der Waals surface area contributed by atoms with Gasteiger partial charge in [0.15, 0.2) is 5.82 Å². The summed E-state index contributed by atoms with van der Waals surface area (Å²) >= 11 is 0. The van der Waals surface area contributed by atoms with Crippen LogP contribution in [0.3, 0.4) is 0 Å². The van der Waals surface area contributed by atoms with Crippen LogP contribution in [0, 0.1) is 5.53 Å². The van der Waals surface area contributed by atoms with Gasteiger partial charge in [-0.25, -0.2) is 5.53 Å². The lowest BCUT2D eigenvalue weighted by Crippen LogP contribution is -2.22. The number of pyridine rings is 1. The molecule has 1 fully saturated rings. The van der Waals surface area contributed by atoms with Gasteiger partial charge in [0.25, 0.3) is 5.56 Å². The van der Waals surface area contributed by atoms with E-state index in [9.17, 15) is 9.90 Å². The van der Waals surface area contributed by atoms with Gasteiger partial charge in [-0.3, -0.25) is 9.48 Å². The predicted octanol–water partition coefficient (Wildman–Crippen LogP) is 4.71. The first-order valence-corrected chi connectivity index (χ1v) is 11.4. The Morgan fingerprint density at radius 3 is 2.67 bits per heavy atom. The van der Waals surface area contributed by atoms with Gasteiger partial charge in [-0.05, 0) is 50.5 Å². The van der Waals surface area contributed by atoms with Crippen molar-refractivity contribution in [1.82, 2.24) is 20.1 Å². The molecule has 9 nitrogen and oxygen atoms in total. The Kier molecular flexibility index (Phi) is 6.60. The van der Waals surface area contributed by atoms with Crippen LogP contribution >= 0.6 is 0 Å². The van der Waals surface area contributed by atoms with Crippen molar-refractivity contribution in [2.24, 2.45) is 5.11 Å². The zero-order chi connectivity index (χ0) is 23.4. The number of nitrogens with one attached hydrogen (secondary N) is 4. The third-order valence-corrected chi connectivity index (χ3v) is 6.06. The van der Waals surface area contributed by atoms with Gasteiger partial charge >= 0.3 is 0 Å². The molecule has 1 aromatic carbocycles. The molecule has 0 bridgehead atoms. The number of aliphatic hydroxyl groups is 1. The number of nitrogens with zero attached hydrogens (tertiary/aromatic N) is 3. The molecule has 2 aromatic heterocycles. The van der Waals surface area contributed by atoms with E-state index in [-0.39, 0.29) is 11.3 Å². The highest BCUT2D eigenvalue weighted by atomic mass is 16.3. The molecular formula is C24H31N7O2. The van der Waals surface area contributed by atoms with Crippen LogP contribution in [0.1, 0.15) is 57.6 Å². The molecular weight excluding hydrogens is 418 g/mol. The quantitative estimate of drug-likeness (QED) is 0.318. The van der Waals surface area contributed by atoms with E-state index in [2.05, 4.69) is 20.7 Å². The fraction of sp³-hybridized carbons (Fsp3) is 0.417. The number of hydrogen-bond donors (Lipinski definition) is 5. The van der Waals surface area contributed by atoms with E-state index in [1.54, 1.807) is 26.2 Å². The van der Waals surface area contributed by atoms with Gasteiger partial charge < -0.3 is 20.7 Å². The highest BCUT2D eigenvalue weighted by molar-refractivity contribution is 5.91. The molecule has 4 rings (SSSR count). The summed E-state index contributed by atoms with van der Waals surface area (Å²) in [6.45, 7) is 3.70. The number of anilines is 2. The van der Waals surface area contributed by atoms with Crippen LogP contribution in [0.25, 0.3) is 10.9 Å². The Morgan fingerprint density at radius 1 is 1.27 bits per heavy atom. The second-order valence-electron chi connectivity index (χ2n) is 9.06. The Balaban J connectivity index is 1.51. The molecule has 3 aromatic rings. The maximum atomic E-state index is 12.6. The predicted molar refractivity (Wildman–Crippen MR) is 129 cm³/mol. The van der Waals surface area contributed by atoms with Gasteiger partial charge in [-0.1, -0.05) is 31.4 Å². The molecule has 1 aliphatic rings. The smallest absolute Gasteiger partial charge is 0.261 e. The Hall–Kier alpha value is -3.46. The molecule has 5 N–H and O–H groups in total. The van der Waals surface area contributed by atoms with E-state index >= 15 is 0 Å². The number of benzene rings is 1. The molecule has 0 atom stereocenters. The van der Waals surface area contributed by atoms with Gasteiger partial charge in [0.1, 0.15) is 16.7 Å². The highest BCUT2D eigenvalue weighted by Gasteiger charge is 2.22. The largest absolute Gasteiger partial charge is 0.385 e. The van der Waals surface area contributed by atoms with Crippen LogP contribution in [0.15, 0.2) is 58.3 Å². The first-order valence-electron chi connectivity index (χ1n) is 11.4. The van der Waals surface area contributed by atoms with Crippen molar-refractivity contribution in [2.45, 2.75) is 64.1 Å². The number of hydrogen-bond acceptors (Lipinski definition) is 7. The van der Waals surface area contributed by atoms with Gasteiger partial charge in [-0.2, -0.15) is 10.2 Å². The lowest BCUT2D eigenvalue weighted by atomic mass is 9.95. The second-order valence-corrected chi connectivity index (χ2v) is 9.06. The second kappa shape index (κ2) is 9.58. The minimum Gasteiger partial charge on any atom is -0.385 e. The molecule has 33 heavy (non-hydrogen) atoms. The molecule has 1 aliphatic carbocycles. The first-order chi connectivity index (χ1) is 15.9. The van der Waals surface area contributed by atoms with Crippen molar-refractivity contribution in [1.29, 1.82) is 5.53 Å². The van der Waals surface area contributed by atoms with E-state index in [0.29, 0.717) is 23.8 Å². The SMILES string of the molecule is CC(C)(O)/C(=C/NCc1ccc(Nc2nn(C3CCCCC3)c3cc[nH]c(=O)c23)cc1)N=N. The number of aromatic nitrogens is 3. The Bertz CT molecular complexity index is 1200. The zero-order valence-electron chi connectivity index (χ0n) is 19.1. The van der Waals surface area contributed by atoms with E-state index in [4.69, 9.17) is 10.6 Å². The maximum Gasteiger partial charge on any atom is 0.261 e. The maximum absolute atomic E-state index is 12.6. The molecule has 174 valence electrons. The van der Waals surface area contributed by atoms with E-state index in [1.807, 2.05) is 35.0 Å². The fourth-order valence-electron chi connectivity index (χ4n) is 4.24. The summed E-state index contributed by atoms with van der Waals surface area (Å²) in [4.78, 5) is 15.4. The molecule has 0 radical (unpaired) electrons. The highest BCUT2D eigenvalue weighted by Crippen LogP contribution is 2.32. The molecule has 0 amide bonds. The van der Waals surface area contributed by atoms with Crippen LogP contribution in [-0.2, 0) is 6.54 Å². The van der Waals surface area contributed by atoms with Crippen LogP contribution < -0.4 is 16.2 Å². The van der Waals surface area contributed by atoms with E-state index in [1.165, 1.54) is 19.3 Å². The van der Waals surface area contributed by atoms with Gasteiger partial charge in [0.05, 0.1) is 11.6 Å². The van der Waals surface area contributed by atoms with Crippen molar-refractivity contribution < 1.29 is 5.11 Å². The van der Waals surface area contributed by atoms with E-state index in [0.717, 1.165) is 29.6 Å². The third-order valence-electron chi connectivity index (χ3n) is 6.06. The summed E-state index contributed by atoms with van der Waals surface area (Å²) in [6.07, 6.45) is 9.04. The summed E-state index contributed by atoms with van der Waals surface area (Å²) in [5.41, 5.74) is 8.85. The van der Waals surface area contributed by atoms with Crippen LogP contribution in [-0.4, -0.2) is 25.5 Å². The van der Waals surface area contributed by atoms with Crippen LogP contribution in [0.4, 0.5) is 11.5 Å². The minimum atomic E-state index is -1.18. The van der Waals surface area contributed by atoms with Gasteiger partial charge in [0, 0.05) is 24.6 Å². The first kappa shape index (κ1) is 22.7. The number of fused-ring (bicyclic) bond motifs is 1. The van der Waals surface area contributed by atoms with Crippen molar-refractivity contribution in [2.75, 3.05) is 5.32 Å². The number of rotatable bonds is 8. The molecule has 0 saturated heterocycles. The fourth-order valence-corrected chi connectivity index (χ4v) is 4.24. The summed E-state index contributed by atoms with van der Waals surface area (Å²) in [5.74, 6) is 0.568. The monoisotopic (exact) mass is 449 g/mol. The van der Waals surface area contributed by atoms with Crippen molar-refractivity contribution in [3.05, 3.63) is 64.3 Å². The minimum absolute atomic E-state index is 0.146. The topological polar surface area (TPSA) is 131 Å². The lowest BCUT2D eigenvalue weighted by Gasteiger charge is -2.22. The van der Waals surface area contributed by atoms with Crippen LogP contribution in [0.2, 0.25) is 0 Å². The standard InChI is InChI=1S/C24H31N7O2/c1-24(2,33)20(29-25)15-26-14-16-8-10-17(11-9-16)28-22-21-19(12-13-27-23(21)32)31(30-22)18-6-4-3-5-7-18/h8-13,15,18,25-26,33H,3-7,14H2,1-2H3,(H,27,32)(H,28,30)/b20-15-,29-25?. The van der Waals surface area contributed by atoms with Crippen molar-refractivity contribution in [3.63, 3.8) is 0 Å². The molecule has 0 spiro atoms. The normalized spacial score (nSPS) is 15.5. The summed E-state index contributed by atoms with van der Waals surface area (Å²) in [6, 6.07) is 10.1. The molecule has 2 heterocycles. The average molecular weight is 450 g/mol.